The van der Waals surface area contributed by atoms with Crippen molar-refractivity contribution in [3.05, 3.63) is 29.6 Å². The van der Waals surface area contributed by atoms with Gasteiger partial charge in [-0.05, 0) is 37.5 Å². The van der Waals surface area contributed by atoms with Crippen LogP contribution in [0.15, 0.2) is 18.2 Å². The molecule has 1 aliphatic heterocycles. The predicted molar refractivity (Wildman–Crippen MR) is 79.9 cm³/mol. The quantitative estimate of drug-likeness (QED) is 0.911. The molecule has 0 unspecified atom stereocenters. The van der Waals surface area contributed by atoms with Crippen LogP contribution in [0.3, 0.4) is 0 Å². The number of nitrogens with zero attached hydrogens (tertiary/aromatic N) is 2. The third-order valence-electron chi connectivity index (χ3n) is 3.94. The molecular weight excluding hydrogens is 250 g/mol. The van der Waals surface area contributed by atoms with Crippen molar-refractivity contribution in [2.45, 2.75) is 39.0 Å². The number of imidazole rings is 1. The molecule has 106 valence electrons. The highest BCUT2D eigenvalue weighted by Crippen LogP contribution is 2.20. The van der Waals surface area contributed by atoms with Gasteiger partial charge in [0, 0.05) is 24.6 Å². The molecule has 1 aromatic carbocycles. The third-order valence-corrected chi connectivity index (χ3v) is 3.94. The van der Waals surface area contributed by atoms with Gasteiger partial charge in [-0.2, -0.15) is 0 Å². The molecule has 0 aliphatic carbocycles. The Hall–Kier alpha value is -1.84. The smallest absolute Gasteiger partial charge is 0.253 e. The fourth-order valence-corrected chi connectivity index (χ4v) is 2.72. The van der Waals surface area contributed by atoms with Gasteiger partial charge in [0.25, 0.3) is 5.91 Å². The topological polar surface area (TPSA) is 49.0 Å². The zero-order valence-electron chi connectivity index (χ0n) is 12.1. The van der Waals surface area contributed by atoms with Gasteiger partial charge in [0.1, 0.15) is 5.82 Å². The number of carbonyl (C=O) groups is 1. The molecular formula is C16H21N3O. The second-order valence-corrected chi connectivity index (χ2v) is 5.86. The number of H-pyrrole nitrogens is 1. The van der Waals surface area contributed by atoms with Crippen molar-refractivity contribution in [2.24, 2.45) is 0 Å². The molecule has 1 aliphatic rings. The van der Waals surface area contributed by atoms with E-state index in [1.54, 1.807) is 0 Å². The highest BCUT2D eigenvalue weighted by molar-refractivity contribution is 5.97. The van der Waals surface area contributed by atoms with Gasteiger partial charge in [-0.25, -0.2) is 4.98 Å². The summed E-state index contributed by atoms with van der Waals surface area (Å²) >= 11 is 0. The monoisotopic (exact) mass is 271 g/mol. The Morgan fingerprint density at radius 3 is 2.70 bits per heavy atom. The Balaban J connectivity index is 1.89. The standard InChI is InChI=1S/C16H21N3O/c1-11(2)15-17-13-7-6-12(10-14(13)18-15)16(20)19-8-4-3-5-9-19/h6-7,10-11H,3-5,8-9H2,1-2H3,(H,17,18). The van der Waals surface area contributed by atoms with Crippen LogP contribution >= 0.6 is 0 Å². The number of likely N-dealkylation sites (tertiary alicyclic amines) is 1. The van der Waals surface area contributed by atoms with E-state index in [1.807, 2.05) is 23.1 Å². The summed E-state index contributed by atoms with van der Waals surface area (Å²) in [6, 6.07) is 5.77. The van der Waals surface area contributed by atoms with E-state index >= 15 is 0 Å². The van der Waals surface area contributed by atoms with E-state index in [0.717, 1.165) is 48.4 Å². The second-order valence-electron chi connectivity index (χ2n) is 5.86. The molecule has 1 fully saturated rings. The number of aromatic nitrogens is 2. The SMILES string of the molecule is CC(C)c1nc2ccc(C(=O)N3CCCCC3)cc2[nH]1. The minimum absolute atomic E-state index is 0.146. The molecule has 1 N–H and O–H groups in total. The number of hydrogen-bond acceptors (Lipinski definition) is 2. The molecule has 1 aromatic heterocycles. The number of amides is 1. The van der Waals surface area contributed by atoms with Crippen molar-refractivity contribution in [1.82, 2.24) is 14.9 Å². The molecule has 0 spiro atoms. The Kier molecular flexibility index (Phi) is 3.47. The molecule has 4 heteroatoms. The molecule has 0 atom stereocenters. The van der Waals surface area contributed by atoms with Gasteiger partial charge in [-0.15, -0.1) is 0 Å². The van der Waals surface area contributed by atoms with Crippen LogP contribution in [0, 0.1) is 0 Å². The van der Waals surface area contributed by atoms with Gasteiger partial charge in [-0.3, -0.25) is 4.79 Å². The summed E-state index contributed by atoms with van der Waals surface area (Å²) in [5.74, 6) is 1.48. The number of piperidine rings is 1. The van der Waals surface area contributed by atoms with Crippen LogP contribution in [-0.2, 0) is 0 Å². The zero-order chi connectivity index (χ0) is 14.1. The van der Waals surface area contributed by atoms with E-state index in [2.05, 4.69) is 23.8 Å². The molecule has 0 saturated carbocycles. The highest BCUT2D eigenvalue weighted by atomic mass is 16.2. The van der Waals surface area contributed by atoms with Crippen LogP contribution in [0.2, 0.25) is 0 Å². The van der Waals surface area contributed by atoms with E-state index in [-0.39, 0.29) is 5.91 Å². The normalized spacial score (nSPS) is 16.1. The number of nitrogens with one attached hydrogen (secondary N) is 1. The molecule has 2 heterocycles. The average Bonchev–Trinajstić information content (AvgIpc) is 2.90. The van der Waals surface area contributed by atoms with Crippen molar-refractivity contribution in [3.8, 4) is 0 Å². The molecule has 1 saturated heterocycles. The van der Waals surface area contributed by atoms with Gasteiger partial charge < -0.3 is 9.88 Å². The van der Waals surface area contributed by atoms with Crippen LogP contribution in [0.4, 0.5) is 0 Å². The van der Waals surface area contributed by atoms with Crippen LogP contribution in [-0.4, -0.2) is 33.9 Å². The molecule has 4 nitrogen and oxygen atoms in total. The molecule has 3 rings (SSSR count). The maximum absolute atomic E-state index is 12.5. The number of benzene rings is 1. The largest absolute Gasteiger partial charge is 0.342 e. The molecule has 0 radical (unpaired) electrons. The van der Waals surface area contributed by atoms with Crippen molar-refractivity contribution in [2.75, 3.05) is 13.1 Å². The van der Waals surface area contributed by atoms with E-state index in [4.69, 9.17) is 0 Å². The van der Waals surface area contributed by atoms with E-state index in [1.165, 1.54) is 6.42 Å². The maximum atomic E-state index is 12.5. The first-order valence-electron chi connectivity index (χ1n) is 7.44. The zero-order valence-corrected chi connectivity index (χ0v) is 12.1. The van der Waals surface area contributed by atoms with Gasteiger partial charge in [0.2, 0.25) is 0 Å². The maximum Gasteiger partial charge on any atom is 0.253 e. The Morgan fingerprint density at radius 2 is 2.00 bits per heavy atom. The van der Waals surface area contributed by atoms with Gasteiger partial charge in [0.15, 0.2) is 0 Å². The van der Waals surface area contributed by atoms with Crippen LogP contribution < -0.4 is 0 Å². The summed E-state index contributed by atoms with van der Waals surface area (Å²) in [5, 5.41) is 0. The van der Waals surface area contributed by atoms with Gasteiger partial charge in [-0.1, -0.05) is 13.8 Å². The minimum atomic E-state index is 0.146. The number of carbonyl (C=O) groups excluding carboxylic acids is 1. The predicted octanol–water partition coefficient (Wildman–Crippen LogP) is 3.31. The van der Waals surface area contributed by atoms with E-state index < -0.39 is 0 Å². The summed E-state index contributed by atoms with van der Waals surface area (Å²) in [6.45, 7) is 5.99. The van der Waals surface area contributed by atoms with Crippen molar-refractivity contribution in [3.63, 3.8) is 0 Å². The van der Waals surface area contributed by atoms with E-state index in [0.29, 0.717) is 5.92 Å². The number of aromatic amines is 1. The van der Waals surface area contributed by atoms with Crippen LogP contribution in [0.5, 0.6) is 0 Å². The first-order chi connectivity index (χ1) is 9.65. The molecule has 0 bridgehead atoms. The third kappa shape index (κ3) is 2.42. The fraction of sp³-hybridized carbons (Fsp3) is 0.500. The van der Waals surface area contributed by atoms with Crippen LogP contribution in [0.25, 0.3) is 11.0 Å². The molecule has 2 aromatic rings. The fourth-order valence-electron chi connectivity index (χ4n) is 2.72. The number of fused-ring (bicyclic) bond motifs is 1. The minimum Gasteiger partial charge on any atom is -0.342 e. The van der Waals surface area contributed by atoms with E-state index in [9.17, 15) is 4.79 Å². The van der Waals surface area contributed by atoms with Crippen molar-refractivity contribution < 1.29 is 4.79 Å². The first kappa shape index (κ1) is 13.2. The first-order valence-corrected chi connectivity index (χ1v) is 7.44. The average molecular weight is 271 g/mol. The van der Waals surface area contributed by atoms with Crippen molar-refractivity contribution in [1.29, 1.82) is 0 Å². The number of rotatable bonds is 2. The molecule has 20 heavy (non-hydrogen) atoms. The lowest BCUT2D eigenvalue weighted by molar-refractivity contribution is 0.0724. The summed E-state index contributed by atoms with van der Waals surface area (Å²) in [5.41, 5.74) is 2.65. The van der Waals surface area contributed by atoms with Crippen LogP contribution in [0.1, 0.15) is 55.2 Å². The lowest BCUT2D eigenvalue weighted by Gasteiger charge is -2.26. The summed E-state index contributed by atoms with van der Waals surface area (Å²) in [7, 11) is 0. The lowest BCUT2D eigenvalue weighted by Crippen LogP contribution is -2.35. The Bertz CT molecular complexity index is 624. The number of hydrogen-bond donors (Lipinski definition) is 1. The Labute approximate surface area is 119 Å². The summed E-state index contributed by atoms with van der Waals surface area (Å²) in [4.78, 5) is 22.3. The second kappa shape index (κ2) is 5.27. The summed E-state index contributed by atoms with van der Waals surface area (Å²) in [6.07, 6.45) is 3.48. The highest BCUT2D eigenvalue weighted by Gasteiger charge is 2.18. The van der Waals surface area contributed by atoms with Crippen molar-refractivity contribution >= 4 is 16.9 Å². The summed E-state index contributed by atoms with van der Waals surface area (Å²) < 4.78 is 0. The molecule has 1 amide bonds. The van der Waals surface area contributed by atoms with Gasteiger partial charge >= 0.3 is 0 Å². The Morgan fingerprint density at radius 1 is 1.25 bits per heavy atom. The van der Waals surface area contributed by atoms with Gasteiger partial charge in [0.05, 0.1) is 11.0 Å². The lowest BCUT2D eigenvalue weighted by atomic mass is 10.1.